The van der Waals surface area contributed by atoms with E-state index in [2.05, 4.69) is 22.3 Å². The van der Waals surface area contributed by atoms with E-state index in [9.17, 15) is 4.79 Å². The van der Waals surface area contributed by atoms with Gasteiger partial charge >= 0.3 is 0 Å². The summed E-state index contributed by atoms with van der Waals surface area (Å²) in [6.45, 7) is 2.24. The van der Waals surface area contributed by atoms with Gasteiger partial charge in [0.2, 0.25) is 0 Å². The molecule has 2 aromatic rings. The van der Waals surface area contributed by atoms with Crippen molar-refractivity contribution in [2.45, 2.75) is 19.3 Å². The Bertz CT molecular complexity index is 661. The molecule has 1 aliphatic heterocycles. The summed E-state index contributed by atoms with van der Waals surface area (Å²) in [6.07, 6.45) is 3.84. The highest BCUT2D eigenvalue weighted by Gasteiger charge is 2.11. The van der Waals surface area contributed by atoms with E-state index < -0.39 is 0 Å². The van der Waals surface area contributed by atoms with Gasteiger partial charge in [-0.1, -0.05) is 6.07 Å². The number of carbonyl (C=O) groups is 1. The van der Waals surface area contributed by atoms with Crippen LogP contribution in [0.5, 0.6) is 5.75 Å². The predicted molar refractivity (Wildman–Crippen MR) is 93.5 cm³/mol. The zero-order valence-corrected chi connectivity index (χ0v) is 13.4. The molecule has 0 atom stereocenters. The molecule has 2 aromatic carbocycles. The van der Waals surface area contributed by atoms with Crippen LogP contribution in [0.2, 0.25) is 0 Å². The first-order chi connectivity index (χ1) is 11.3. The van der Waals surface area contributed by atoms with Gasteiger partial charge in [0.05, 0.1) is 7.11 Å². The normalized spacial score (nSPS) is 14.4. The fraction of sp³-hybridized carbons (Fsp3) is 0.316. The molecular formula is C19H22N2O2. The molecule has 120 valence electrons. The molecule has 0 unspecified atom stereocenters. The van der Waals surface area contributed by atoms with Gasteiger partial charge in [-0.05, 0) is 61.7 Å². The smallest absolute Gasteiger partial charge is 0.255 e. The predicted octanol–water partition coefficient (Wildman–Crippen LogP) is 3.94. The van der Waals surface area contributed by atoms with Crippen LogP contribution >= 0.6 is 0 Å². The minimum absolute atomic E-state index is 0.130. The number of hydrogen-bond acceptors (Lipinski definition) is 3. The zero-order chi connectivity index (χ0) is 16.1. The number of methoxy groups -OCH3 is 1. The van der Waals surface area contributed by atoms with Gasteiger partial charge in [-0.2, -0.15) is 0 Å². The quantitative estimate of drug-likeness (QED) is 0.930. The van der Waals surface area contributed by atoms with E-state index in [1.54, 1.807) is 19.2 Å². The zero-order valence-electron chi connectivity index (χ0n) is 13.4. The molecule has 0 aromatic heterocycles. The van der Waals surface area contributed by atoms with Crippen molar-refractivity contribution < 1.29 is 9.53 Å². The number of ether oxygens (including phenoxy) is 1. The van der Waals surface area contributed by atoms with E-state index in [0.29, 0.717) is 11.3 Å². The van der Waals surface area contributed by atoms with E-state index in [1.165, 1.54) is 24.9 Å². The number of piperidine rings is 1. The van der Waals surface area contributed by atoms with E-state index in [0.717, 1.165) is 18.8 Å². The average Bonchev–Trinajstić information content (AvgIpc) is 2.63. The lowest BCUT2D eigenvalue weighted by molar-refractivity contribution is 0.102. The van der Waals surface area contributed by atoms with Crippen LogP contribution in [0.25, 0.3) is 0 Å². The molecule has 1 fully saturated rings. The van der Waals surface area contributed by atoms with E-state index in [-0.39, 0.29) is 5.91 Å². The van der Waals surface area contributed by atoms with Crippen molar-refractivity contribution in [2.24, 2.45) is 0 Å². The highest BCUT2D eigenvalue weighted by atomic mass is 16.5. The van der Waals surface area contributed by atoms with Crippen LogP contribution < -0.4 is 15.0 Å². The molecule has 23 heavy (non-hydrogen) atoms. The molecule has 0 aliphatic carbocycles. The second kappa shape index (κ2) is 7.18. The van der Waals surface area contributed by atoms with Crippen molar-refractivity contribution in [3.8, 4) is 5.75 Å². The van der Waals surface area contributed by atoms with Crippen LogP contribution in [0, 0.1) is 0 Å². The van der Waals surface area contributed by atoms with Crippen LogP contribution in [0.15, 0.2) is 48.5 Å². The number of nitrogens with zero attached hydrogens (tertiary/aromatic N) is 1. The van der Waals surface area contributed by atoms with E-state index >= 15 is 0 Å². The van der Waals surface area contributed by atoms with Crippen LogP contribution in [0.4, 0.5) is 11.4 Å². The van der Waals surface area contributed by atoms with Gasteiger partial charge in [-0.25, -0.2) is 0 Å². The summed E-state index contributed by atoms with van der Waals surface area (Å²) in [4.78, 5) is 14.7. The topological polar surface area (TPSA) is 41.6 Å². The van der Waals surface area contributed by atoms with Gasteiger partial charge in [0.15, 0.2) is 0 Å². The number of benzene rings is 2. The van der Waals surface area contributed by atoms with Gasteiger partial charge in [0, 0.05) is 30.0 Å². The molecule has 4 heteroatoms. The van der Waals surface area contributed by atoms with Crippen molar-refractivity contribution in [3.05, 3.63) is 54.1 Å². The first-order valence-corrected chi connectivity index (χ1v) is 8.07. The molecule has 4 nitrogen and oxygen atoms in total. The molecule has 0 saturated carbocycles. The fourth-order valence-electron chi connectivity index (χ4n) is 2.88. The molecule has 1 heterocycles. The monoisotopic (exact) mass is 310 g/mol. The Morgan fingerprint density at radius 1 is 1.04 bits per heavy atom. The molecule has 0 spiro atoms. The standard InChI is InChI=1S/C19H22N2O2/c1-23-18-7-5-6-15(14-18)19(22)20-16-8-10-17(11-9-16)21-12-3-2-4-13-21/h5-11,14H,2-4,12-13H2,1H3,(H,20,22). The number of carbonyl (C=O) groups excluding carboxylic acids is 1. The third-order valence-electron chi connectivity index (χ3n) is 4.18. The highest BCUT2D eigenvalue weighted by molar-refractivity contribution is 6.04. The summed E-state index contributed by atoms with van der Waals surface area (Å²) in [5.41, 5.74) is 2.62. The third kappa shape index (κ3) is 3.83. The van der Waals surface area contributed by atoms with Gasteiger partial charge < -0.3 is 15.0 Å². The number of hydrogen-bond donors (Lipinski definition) is 1. The largest absolute Gasteiger partial charge is 0.497 e. The molecule has 1 amide bonds. The van der Waals surface area contributed by atoms with Crippen molar-refractivity contribution in [1.82, 2.24) is 0 Å². The van der Waals surface area contributed by atoms with Crippen molar-refractivity contribution in [2.75, 3.05) is 30.4 Å². The molecule has 1 N–H and O–H groups in total. The van der Waals surface area contributed by atoms with Gasteiger partial charge in [0.1, 0.15) is 5.75 Å². The second-order valence-corrected chi connectivity index (χ2v) is 5.78. The maximum absolute atomic E-state index is 12.3. The Labute approximate surface area is 137 Å². The molecule has 0 bridgehead atoms. The highest BCUT2D eigenvalue weighted by Crippen LogP contribution is 2.22. The first kappa shape index (κ1) is 15.4. The summed E-state index contributed by atoms with van der Waals surface area (Å²) in [5, 5.41) is 2.93. The van der Waals surface area contributed by atoms with Gasteiger partial charge in [0.25, 0.3) is 5.91 Å². The Kier molecular flexibility index (Phi) is 4.81. The van der Waals surface area contributed by atoms with Crippen molar-refractivity contribution in [3.63, 3.8) is 0 Å². The molecule has 1 saturated heterocycles. The Balaban J connectivity index is 1.66. The summed E-state index contributed by atoms with van der Waals surface area (Å²) in [6, 6.07) is 15.2. The maximum Gasteiger partial charge on any atom is 0.255 e. The lowest BCUT2D eigenvalue weighted by atomic mass is 10.1. The summed E-state index contributed by atoms with van der Waals surface area (Å²) >= 11 is 0. The first-order valence-electron chi connectivity index (χ1n) is 8.07. The number of rotatable bonds is 4. The van der Waals surface area contributed by atoms with Crippen LogP contribution in [0.1, 0.15) is 29.6 Å². The molecular weight excluding hydrogens is 288 g/mol. The van der Waals surface area contributed by atoms with Crippen LogP contribution in [0.3, 0.4) is 0 Å². The minimum atomic E-state index is -0.130. The van der Waals surface area contributed by atoms with Gasteiger partial charge in [-0.15, -0.1) is 0 Å². The Hall–Kier alpha value is -2.49. The Morgan fingerprint density at radius 2 is 1.78 bits per heavy atom. The summed E-state index contributed by atoms with van der Waals surface area (Å²) in [7, 11) is 1.59. The van der Waals surface area contributed by atoms with Crippen LogP contribution in [-0.4, -0.2) is 26.1 Å². The van der Waals surface area contributed by atoms with Gasteiger partial charge in [-0.3, -0.25) is 4.79 Å². The number of anilines is 2. The van der Waals surface area contributed by atoms with Crippen molar-refractivity contribution in [1.29, 1.82) is 0 Å². The summed E-state index contributed by atoms with van der Waals surface area (Å²) in [5.74, 6) is 0.549. The lowest BCUT2D eigenvalue weighted by Gasteiger charge is -2.28. The Morgan fingerprint density at radius 3 is 2.48 bits per heavy atom. The van der Waals surface area contributed by atoms with Crippen LogP contribution in [-0.2, 0) is 0 Å². The maximum atomic E-state index is 12.3. The van der Waals surface area contributed by atoms with E-state index in [1.807, 2.05) is 24.3 Å². The number of amides is 1. The van der Waals surface area contributed by atoms with E-state index in [4.69, 9.17) is 4.74 Å². The lowest BCUT2D eigenvalue weighted by Crippen LogP contribution is -2.29. The SMILES string of the molecule is COc1cccc(C(=O)Nc2ccc(N3CCCCC3)cc2)c1. The molecule has 1 aliphatic rings. The number of nitrogens with one attached hydrogen (secondary N) is 1. The minimum Gasteiger partial charge on any atom is -0.497 e. The molecule has 3 rings (SSSR count). The third-order valence-corrected chi connectivity index (χ3v) is 4.18. The summed E-state index contributed by atoms with van der Waals surface area (Å²) < 4.78 is 5.15. The molecule has 0 radical (unpaired) electrons. The fourth-order valence-corrected chi connectivity index (χ4v) is 2.88. The average molecular weight is 310 g/mol. The second-order valence-electron chi connectivity index (χ2n) is 5.78. The van der Waals surface area contributed by atoms with Crippen molar-refractivity contribution >= 4 is 17.3 Å².